The van der Waals surface area contributed by atoms with Crippen molar-refractivity contribution >= 4 is 18.0 Å². The van der Waals surface area contributed by atoms with Crippen LogP contribution in [0.2, 0.25) is 0 Å². The van der Waals surface area contributed by atoms with Crippen molar-refractivity contribution < 1.29 is 18.4 Å². The van der Waals surface area contributed by atoms with E-state index in [-0.39, 0.29) is 11.6 Å². The maximum absolute atomic E-state index is 13.9. The van der Waals surface area contributed by atoms with Gasteiger partial charge < -0.3 is 10.2 Å². The highest BCUT2D eigenvalue weighted by atomic mass is 19.1. The predicted molar refractivity (Wildman–Crippen MR) is 80.7 cm³/mol. The molecule has 2 aliphatic heterocycles. The third kappa shape index (κ3) is 2.21. The summed E-state index contributed by atoms with van der Waals surface area (Å²) in [6, 6.07) is 9.46. The van der Waals surface area contributed by atoms with Gasteiger partial charge >= 0.3 is 5.82 Å². The molecule has 0 spiro atoms. The minimum atomic E-state index is -0.586. The van der Waals surface area contributed by atoms with Crippen LogP contribution >= 0.6 is 0 Å². The van der Waals surface area contributed by atoms with Gasteiger partial charge in [-0.05, 0) is 29.4 Å². The molecule has 23 heavy (non-hydrogen) atoms. The Hall–Kier alpha value is -3.26. The van der Waals surface area contributed by atoms with Gasteiger partial charge in [0.25, 0.3) is 6.34 Å². The summed E-state index contributed by atoms with van der Waals surface area (Å²) in [6.07, 6.45) is 4.44. The van der Waals surface area contributed by atoms with E-state index in [0.29, 0.717) is 17.4 Å². The normalized spacial score (nSPS) is 22.2. The first-order valence-corrected chi connectivity index (χ1v) is 6.75. The molecular weight excluding hydrogens is 301 g/mol. The van der Waals surface area contributed by atoms with Crippen LogP contribution in [0, 0.1) is 5.82 Å². The van der Waals surface area contributed by atoms with Gasteiger partial charge in [0.15, 0.2) is 17.4 Å². The summed E-state index contributed by atoms with van der Waals surface area (Å²) in [5.41, 5.74) is 5.77. The molecule has 0 saturated heterocycles. The lowest BCUT2D eigenvalue weighted by Gasteiger charge is -2.23. The second-order valence-corrected chi connectivity index (χ2v) is 4.83. The molecule has 0 saturated carbocycles. The van der Waals surface area contributed by atoms with Crippen LogP contribution in [0.4, 0.5) is 4.39 Å². The van der Waals surface area contributed by atoms with E-state index in [0.717, 1.165) is 0 Å². The first-order valence-electron chi connectivity index (χ1n) is 6.75. The zero-order valence-corrected chi connectivity index (χ0v) is 11.8. The molecule has 2 aliphatic rings. The van der Waals surface area contributed by atoms with Crippen molar-refractivity contribution in [1.82, 2.24) is 0 Å². The Labute approximate surface area is 130 Å². The SMILES string of the molecule is NC1=N[N+]2(Oc3ccccc3F)C=NC(c3ccco3)=NC2=C1. The van der Waals surface area contributed by atoms with E-state index in [1.165, 1.54) is 30.8 Å². The van der Waals surface area contributed by atoms with Gasteiger partial charge in [-0.2, -0.15) is 9.98 Å². The van der Waals surface area contributed by atoms with E-state index >= 15 is 0 Å². The number of quaternary nitrogens is 1. The lowest BCUT2D eigenvalue weighted by Crippen LogP contribution is -2.44. The molecule has 0 bridgehead atoms. The van der Waals surface area contributed by atoms with E-state index in [4.69, 9.17) is 15.0 Å². The summed E-state index contributed by atoms with van der Waals surface area (Å²) in [5, 5.41) is 4.16. The number of aliphatic imine (C=N–C) groups is 2. The standard InChI is InChI=1S/C15H11FN5O2/c16-10-4-1-2-5-11(10)23-21-9-18-15(12-6-3-7-22-12)19-14(21)8-13(17)20-21/h1-9H,(H2,17,20)/q+1. The van der Waals surface area contributed by atoms with Gasteiger partial charge in [-0.3, -0.25) is 4.84 Å². The molecule has 4 rings (SSSR count). The molecule has 2 N–H and O–H groups in total. The van der Waals surface area contributed by atoms with Crippen molar-refractivity contribution in [2.75, 3.05) is 0 Å². The Balaban J connectivity index is 1.73. The molecule has 1 unspecified atom stereocenters. The average molecular weight is 312 g/mol. The number of hydroxylamine groups is 2. The number of nitrogens with two attached hydrogens (primary N) is 1. The number of hydrogen-bond donors (Lipinski definition) is 1. The number of rotatable bonds is 3. The van der Waals surface area contributed by atoms with Gasteiger partial charge in [0.05, 0.1) is 17.1 Å². The Morgan fingerprint density at radius 3 is 2.83 bits per heavy atom. The van der Waals surface area contributed by atoms with Crippen molar-refractivity contribution in [2.24, 2.45) is 20.8 Å². The summed E-state index contributed by atoms with van der Waals surface area (Å²) in [7, 11) is 0. The second-order valence-electron chi connectivity index (χ2n) is 4.83. The van der Waals surface area contributed by atoms with Gasteiger partial charge in [-0.15, -0.1) is 0 Å². The zero-order valence-electron chi connectivity index (χ0n) is 11.8. The van der Waals surface area contributed by atoms with E-state index in [1.54, 1.807) is 24.3 Å². The van der Waals surface area contributed by atoms with Gasteiger partial charge in [0.1, 0.15) is 0 Å². The highest BCUT2D eigenvalue weighted by molar-refractivity contribution is 6.03. The molecule has 0 radical (unpaired) electrons. The minimum absolute atomic E-state index is 0.0138. The number of fused-ring (bicyclic) bond motifs is 1. The van der Waals surface area contributed by atoms with E-state index in [9.17, 15) is 4.39 Å². The van der Waals surface area contributed by atoms with Crippen molar-refractivity contribution in [1.29, 1.82) is 0 Å². The summed E-state index contributed by atoms with van der Waals surface area (Å²) in [6.45, 7) is 0. The first kappa shape index (κ1) is 13.4. The number of hydrogen-bond acceptors (Lipinski definition) is 6. The number of nitrogens with zero attached hydrogens (tertiary/aromatic N) is 4. The van der Waals surface area contributed by atoms with Gasteiger partial charge in [-0.25, -0.2) is 4.39 Å². The first-order chi connectivity index (χ1) is 11.2. The Morgan fingerprint density at radius 2 is 2.04 bits per heavy atom. The lowest BCUT2D eigenvalue weighted by atomic mass is 10.3. The molecule has 7 nitrogen and oxygen atoms in total. The molecular formula is C15H11FN5O2+. The smallest absolute Gasteiger partial charge is 0.310 e. The molecule has 114 valence electrons. The largest absolute Gasteiger partial charge is 0.461 e. The number of furan rings is 1. The molecule has 8 heteroatoms. The second kappa shape index (κ2) is 4.89. The van der Waals surface area contributed by atoms with E-state index in [1.807, 2.05) is 0 Å². The summed E-state index contributed by atoms with van der Waals surface area (Å²) in [5.74, 6) is 0.905. The van der Waals surface area contributed by atoms with Crippen LogP contribution < -0.4 is 10.6 Å². The fourth-order valence-electron chi connectivity index (χ4n) is 2.22. The van der Waals surface area contributed by atoms with Crippen LogP contribution in [0.25, 0.3) is 0 Å². The third-order valence-corrected chi connectivity index (χ3v) is 3.24. The van der Waals surface area contributed by atoms with Crippen LogP contribution in [0.1, 0.15) is 5.76 Å². The summed E-state index contributed by atoms with van der Waals surface area (Å²) < 4.78 is 18.6. The fourth-order valence-corrected chi connectivity index (χ4v) is 2.22. The quantitative estimate of drug-likeness (QED) is 0.881. The maximum Gasteiger partial charge on any atom is 0.310 e. The predicted octanol–water partition coefficient (Wildman–Crippen LogP) is 2.15. The average Bonchev–Trinajstić information content (AvgIpc) is 3.15. The van der Waals surface area contributed by atoms with Crippen LogP contribution in [0.15, 0.2) is 74.1 Å². The van der Waals surface area contributed by atoms with Crippen molar-refractivity contribution in [3.63, 3.8) is 0 Å². The lowest BCUT2D eigenvalue weighted by molar-refractivity contribution is -0.973. The number of halogens is 1. The zero-order chi connectivity index (χ0) is 15.9. The van der Waals surface area contributed by atoms with Crippen LogP contribution in [0.3, 0.4) is 0 Å². The Bertz CT molecular complexity index is 885. The fraction of sp³-hybridized carbons (Fsp3) is 0. The third-order valence-electron chi connectivity index (χ3n) is 3.24. The molecule has 3 heterocycles. The molecule has 2 aromatic rings. The Morgan fingerprint density at radius 1 is 1.17 bits per heavy atom. The minimum Gasteiger partial charge on any atom is -0.461 e. The van der Waals surface area contributed by atoms with Gasteiger partial charge in [0.2, 0.25) is 11.6 Å². The van der Waals surface area contributed by atoms with Gasteiger partial charge in [0, 0.05) is 0 Å². The van der Waals surface area contributed by atoms with Crippen LogP contribution in [-0.4, -0.2) is 22.8 Å². The molecule has 0 aliphatic carbocycles. The summed E-state index contributed by atoms with van der Waals surface area (Å²) >= 11 is 0. The van der Waals surface area contributed by atoms with Crippen molar-refractivity contribution in [3.8, 4) is 5.75 Å². The van der Waals surface area contributed by atoms with Crippen molar-refractivity contribution in [2.45, 2.75) is 0 Å². The monoisotopic (exact) mass is 312 g/mol. The van der Waals surface area contributed by atoms with Crippen LogP contribution in [0.5, 0.6) is 5.75 Å². The maximum atomic E-state index is 13.9. The van der Waals surface area contributed by atoms with Gasteiger partial charge in [-0.1, -0.05) is 12.1 Å². The molecule has 1 aromatic heterocycles. The van der Waals surface area contributed by atoms with E-state index in [2.05, 4.69) is 15.1 Å². The van der Waals surface area contributed by atoms with Crippen LogP contribution in [-0.2, 0) is 0 Å². The topological polar surface area (TPSA) is 85.5 Å². The molecule has 0 fully saturated rings. The molecule has 1 aromatic carbocycles. The van der Waals surface area contributed by atoms with E-state index < -0.39 is 10.6 Å². The highest BCUT2D eigenvalue weighted by Crippen LogP contribution is 2.31. The summed E-state index contributed by atoms with van der Waals surface area (Å²) in [4.78, 5) is 14.2. The van der Waals surface area contributed by atoms with Crippen molar-refractivity contribution in [3.05, 3.63) is 66.1 Å². The molecule has 0 amide bonds. The number of para-hydroxylation sites is 1. The Kier molecular flexibility index (Phi) is 2.85. The highest BCUT2D eigenvalue weighted by Gasteiger charge is 2.45. The number of benzene rings is 1. The number of amidine groups is 2. The molecule has 1 atom stereocenters.